The number of hydrogen-bond donors (Lipinski definition) is 3. The first-order valence-corrected chi connectivity index (χ1v) is 9.89. The number of nitrogens with one attached hydrogen (secondary N) is 2. The fourth-order valence-electron chi connectivity index (χ4n) is 1.85. The van der Waals surface area contributed by atoms with Crippen LogP contribution in [0.3, 0.4) is 0 Å². The van der Waals surface area contributed by atoms with E-state index >= 15 is 0 Å². The second kappa shape index (κ2) is 11.9. The van der Waals surface area contributed by atoms with E-state index in [-0.39, 0.29) is 18.1 Å². The molecule has 146 valence electrons. The second-order valence-electron chi connectivity index (χ2n) is 7.05. The van der Waals surface area contributed by atoms with Crippen molar-refractivity contribution in [3.63, 3.8) is 0 Å². The highest BCUT2D eigenvalue weighted by Gasteiger charge is 2.14. The van der Waals surface area contributed by atoms with Gasteiger partial charge >= 0.3 is 0 Å². The van der Waals surface area contributed by atoms with E-state index in [1.165, 1.54) is 17.5 Å². The Morgan fingerprint density at radius 2 is 2.12 bits per heavy atom. The summed E-state index contributed by atoms with van der Waals surface area (Å²) in [5.41, 5.74) is -0.0617. The Balaban J connectivity index is 2.28. The van der Waals surface area contributed by atoms with Crippen LogP contribution >= 0.6 is 11.3 Å². The first-order valence-electron chi connectivity index (χ1n) is 9.07. The molecule has 1 aromatic heterocycles. The number of aliphatic hydroxyl groups excluding tert-OH is 1. The third-order valence-electron chi connectivity index (χ3n) is 3.29. The van der Waals surface area contributed by atoms with Gasteiger partial charge in [-0.25, -0.2) is 4.98 Å². The minimum absolute atomic E-state index is 0.0617. The number of carbonyl (C=O) groups is 1. The van der Waals surface area contributed by atoms with Gasteiger partial charge in [0.2, 0.25) is 0 Å². The van der Waals surface area contributed by atoms with Crippen molar-refractivity contribution in [3.8, 4) is 17.0 Å². The number of carbonyl (C=O) groups excluding carboxylic acids is 1. The molecule has 0 spiro atoms. The number of ether oxygens (including phenoxy) is 1. The number of unbranched alkanes of at least 4 members (excludes halogenated alkanes) is 2. The molecular weight excluding hydrogens is 350 g/mol. The lowest BCUT2D eigenvalue weighted by Gasteiger charge is -2.22. The minimum Gasteiger partial charge on any atom is -0.467 e. The van der Waals surface area contributed by atoms with Crippen molar-refractivity contribution >= 4 is 17.2 Å². The van der Waals surface area contributed by atoms with Crippen LogP contribution in [-0.4, -0.2) is 47.3 Å². The summed E-state index contributed by atoms with van der Waals surface area (Å²) in [6, 6.07) is 0. The van der Waals surface area contributed by atoms with Crippen LogP contribution in [0.4, 0.5) is 0 Å². The van der Waals surface area contributed by atoms with E-state index in [1.54, 1.807) is 0 Å². The molecule has 1 atom stereocenters. The van der Waals surface area contributed by atoms with Crippen LogP contribution in [0.25, 0.3) is 0 Å². The summed E-state index contributed by atoms with van der Waals surface area (Å²) < 4.78 is 5.46. The number of β-amino-alcohol motifs (C(OH)–C–C–N with tert-alkyl or cyclic N) is 1. The van der Waals surface area contributed by atoms with Gasteiger partial charge in [-0.2, -0.15) is 0 Å². The Hall–Kier alpha value is -1.62. The molecule has 0 bridgehead atoms. The number of thiazole rings is 1. The summed E-state index contributed by atoms with van der Waals surface area (Å²) in [7, 11) is 0. The SMILES string of the molecule is CCCCC#CCCNC(=O)c1cnc(OCC(O)CNC(C)(C)C)s1. The average Bonchev–Trinajstić information content (AvgIpc) is 3.05. The van der Waals surface area contributed by atoms with Crippen LogP contribution < -0.4 is 15.4 Å². The highest BCUT2D eigenvalue weighted by Crippen LogP contribution is 2.20. The molecule has 0 saturated carbocycles. The van der Waals surface area contributed by atoms with Gasteiger partial charge in [-0.05, 0) is 27.2 Å². The standard InChI is InChI=1S/C19H31N3O3S/c1-5-6-7-8-9-10-11-20-17(24)16-13-21-18(26-16)25-14-15(23)12-22-19(2,3)4/h13,15,22-23H,5-7,10-12,14H2,1-4H3,(H,20,24). The predicted molar refractivity (Wildman–Crippen MR) is 106 cm³/mol. The zero-order valence-electron chi connectivity index (χ0n) is 16.2. The normalized spacial score (nSPS) is 12.2. The smallest absolute Gasteiger partial charge is 0.273 e. The van der Waals surface area contributed by atoms with Crippen LogP contribution in [0.5, 0.6) is 5.19 Å². The number of aliphatic hydroxyl groups is 1. The molecule has 0 aliphatic heterocycles. The van der Waals surface area contributed by atoms with Crippen molar-refractivity contribution in [1.82, 2.24) is 15.6 Å². The Kier molecular flexibility index (Phi) is 10.3. The van der Waals surface area contributed by atoms with E-state index < -0.39 is 6.10 Å². The van der Waals surface area contributed by atoms with E-state index in [1.807, 2.05) is 20.8 Å². The number of rotatable bonds is 10. The molecule has 1 unspecified atom stereocenters. The van der Waals surface area contributed by atoms with Crippen molar-refractivity contribution in [2.75, 3.05) is 19.7 Å². The molecule has 6 nitrogen and oxygen atoms in total. The Labute approximate surface area is 160 Å². The average molecular weight is 382 g/mol. The predicted octanol–water partition coefficient (Wildman–Crippen LogP) is 2.58. The van der Waals surface area contributed by atoms with Crippen molar-refractivity contribution in [3.05, 3.63) is 11.1 Å². The lowest BCUT2D eigenvalue weighted by molar-refractivity contribution is 0.0958. The van der Waals surface area contributed by atoms with Crippen LogP contribution in [0.15, 0.2) is 6.20 Å². The van der Waals surface area contributed by atoms with Crippen LogP contribution in [0.2, 0.25) is 0 Å². The fourth-order valence-corrected chi connectivity index (χ4v) is 2.54. The zero-order chi connectivity index (χ0) is 19.4. The minimum atomic E-state index is -0.637. The third-order valence-corrected chi connectivity index (χ3v) is 4.20. The molecule has 0 radical (unpaired) electrons. The van der Waals surface area contributed by atoms with E-state index in [9.17, 15) is 9.90 Å². The van der Waals surface area contributed by atoms with Crippen LogP contribution in [0.1, 0.15) is 63.0 Å². The summed E-state index contributed by atoms with van der Waals surface area (Å²) in [6.45, 7) is 9.31. The van der Waals surface area contributed by atoms with Gasteiger partial charge in [0.15, 0.2) is 0 Å². The Bertz CT molecular complexity index is 599. The zero-order valence-corrected chi connectivity index (χ0v) is 17.0. The number of aromatic nitrogens is 1. The van der Waals surface area contributed by atoms with Gasteiger partial charge in [0.1, 0.15) is 17.6 Å². The van der Waals surface area contributed by atoms with Crippen molar-refractivity contribution < 1.29 is 14.6 Å². The highest BCUT2D eigenvalue weighted by molar-refractivity contribution is 7.15. The number of amides is 1. The molecule has 0 aliphatic carbocycles. The van der Waals surface area contributed by atoms with Gasteiger partial charge in [0.05, 0.1) is 6.20 Å². The summed E-state index contributed by atoms with van der Waals surface area (Å²) in [6.07, 6.45) is 4.67. The molecule has 0 aliphatic rings. The molecule has 1 rings (SSSR count). The molecule has 1 heterocycles. The van der Waals surface area contributed by atoms with Gasteiger partial charge in [-0.3, -0.25) is 4.79 Å². The third kappa shape index (κ3) is 10.4. The lowest BCUT2D eigenvalue weighted by atomic mass is 10.1. The first kappa shape index (κ1) is 22.4. The largest absolute Gasteiger partial charge is 0.467 e. The molecular formula is C19H31N3O3S. The highest BCUT2D eigenvalue weighted by atomic mass is 32.1. The van der Waals surface area contributed by atoms with E-state index in [4.69, 9.17) is 4.74 Å². The molecule has 0 saturated heterocycles. The molecule has 1 aromatic rings. The quantitative estimate of drug-likeness (QED) is 0.429. The van der Waals surface area contributed by atoms with Crippen molar-refractivity contribution in [2.24, 2.45) is 0 Å². The van der Waals surface area contributed by atoms with Gasteiger partial charge in [0.25, 0.3) is 11.1 Å². The summed E-state index contributed by atoms with van der Waals surface area (Å²) in [5, 5.41) is 16.3. The van der Waals surface area contributed by atoms with Crippen LogP contribution in [-0.2, 0) is 0 Å². The van der Waals surface area contributed by atoms with E-state index in [0.29, 0.717) is 29.6 Å². The van der Waals surface area contributed by atoms with Gasteiger partial charge < -0.3 is 20.5 Å². The van der Waals surface area contributed by atoms with Gasteiger partial charge in [-0.15, -0.1) is 11.8 Å². The molecule has 3 N–H and O–H groups in total. The maximum Gasteiger partial charge on any atom is 0.273 e. The molecule has 1 amide bonds. The van der Waals surface area contributed by atoms with E-state index in [0.717, 1.165) is 19.3 Å². The van der Waals surface area contributed by atoms with Crippen LogP contribution in [0, 0.1) is 11.8 Å². The molecule has 26 heavy (non-hydrogen) atoms. The molecule has 0 fully saturated rings. The van der Waals surface area contributed by atoms with Gasteiger partial charge in [0, 0.05) is 31.5 Å². The lowest BCUT2D eigenvalue weighted by Crippen LogP contribution is -2.42. The van der Waals surface area contributed by atoms with Crippen molar-refractivity contribution in [1.29, 1.82) is 0 Å². The summed E-state index contributed by atoms with van der Waals surface area (Å²) >= 11 is 1.17. The topological polar surface area (TPSA) is 83.5 Å². The molecule has 7 heteroatoms. The second-order valence-corrected chi connectivity index (χ2v) is 8.04. The molecule has 0 aromatic carbocycles. The van der Waals surface area contributed by atoms with E-state index in [2.05, 4.69) is 34.4 Å². The van der Waals surface area contributed by atoms with Gasteiger partial charge in [-0.1, -0.05) is 24.7 Å². The maximum absolute atomic E-state index is 12.0. The Morgan fingerprint density at radius 1 is 1.38 bits per heavy atom. The van der Waals surface area contributed by atoms with Crippen molar-refractivity contribution in [2.45, 2.75) is 65.0 Å². The maximum atomic E-state index is 12.0. The summed E-state index contributed by atoms with van der Waals surface area (Å²) in [5.74, 6) is 5.96. The number of nitrogens with zero attached hydrogens (tertiary/aromatic N) is 1. The fraction of sp³-hybridized carbons (Fsp3) is 0.684. The first-order chi connectivity index (χ1) is 12.3. The Morgan fingerprint density at radius 3 is 2.81 bits per heavy atom. The number of hydrogen-bond acceptors (Lipinski definition) is 6. The summed E-state index contributed by atoms with van der Waals surface area (Å²) in [4.78, 5) is 16.6. The monoisotopic (exact) mass is 381 g/mol.